The van der Waals surface area contributed by atoms with E-state index in [4.69, 9.17) is 9.47 Å². The molecule has 0 aromatic rings. The summed E-state index contributed by atoms with van der Waals surface area (Å²) in [4.78, 5) is 12.9. The van der Waals surface area contributed by atoms with E-state index in [1.165, 1.54) is 0 Å². The van der Waals surface area contributed by atoms with Gasteiger partial charge in [0.1, 0.15) is 6.61 Å². The quantitative estimate of drug-likeness (QED) is 0.715. The van der Waals surface area contributed by atoms with E-state index in [0.29, 0.717) is 0 Å². The Labute approximate surface area is 96.1 Å². The van der Waals surface area contributed by atoms with Crippen LogP contribution in [0.1, 0.15) is 12.8 Å². The van der Waals surface area contributed by atoms with Crippen LogP contribution in [0.15, 0.2) is 0 Å². The maximum Gasteiger partial charge on any atom is 0.248 e. The molecule has 0 aliphatic carbocycles. The highest BCUT2D eigenvalue weighted by Gasteiger charge is 2.43. The topological polar surface area (TPSA) is 50.8 Å². The molecule has 1 spiro atoms. The maximum absolute atomic E-state index is 11.4. The summed E-state index contributed by atoms with van der Waals surface area (Å²) in [6.45, 7) is 2.74. The number of nitrogens with zero attached hydrogens (tertiary/aromatic N) is 1. The highest BCUT2D eigenvalue weighted by molar-refractivity contribution is 5.76. The monoisotopic (exact) mass is 228 g/mol. The van der Waals surface area contributed by atoms with Crippen molar-refractivity contribution in [1.29, 1.82) is 0 Å². The van der Waals surface area contributed by atoms with Crippen molar-refractivity contribution in [1.82, 2.24) is 10.2 Å². The van der Waals surface area contributed by atoms with Gasteiger partial charge in [0.15, 0.2) is 0 Å². The Bertz CT molecular complexity index is 264. The summed E-state index contributed by atoms with van der Waals surface area (Å²) in [7, 11) is 3.49. The van der Waals surface area contributed by atoms with Crippen LogP contribution in [0.3, 0.4) is 0 Å². The minimum atomic E-state index is -0.00984. The van der Waals surface area contributed by atoms with Crippen molar-refractivity contribution in [2.24, 2.45) is 0 Å². The lowest BCUT2D eigenvalue weighted by molar-refractivity contribution is -0.162. The van der Waals surface area contributed by atoms with Crippen LogP contribution in [-0.2, 0) is 14.3 Å². The van der Waals surface area contributed by atoms with Crippen LogP contribution in [0.25, 0.3) is 0 Å². The Hall–Kier alpha value is -0.650. The van der Waals surface area contributed by atoms with E-state index in [1.54, 1.807) is 19.0 Å². The zero-order valence-electron chi connectivity index (χ0n) is 9.99. The van der Waals surface area contributed by atoms with Gasteiger partial charge in [-0.05, 0) is 6.42 Å². The lowest BCUT2D eigenvalue weighted by Gasteiger charge is -2.47. The van der Waals surface area contributed by atoms with Gasteiger partial charge in [0.05, 0.1) is 11.7 Å². The van der Waals surface area contributed by atoms with Crippen molar-refractivity contribution in [3.63, 3.8) is 0 Å². The number of amides is 1. The average Bonchev–Trinajstić information content (AvgIpc) is 2.24. The number of ether oxygens (including phenoxy) is 2. The van der Waals surface area contributed by atoms with E-state index in [1.807, 2.05) is 0 Å². The summed E-state index contributed by atoms with van der Waals surface area (Å²) in [5, 5.41) is 3.22. The summed E-state index contributed by atoms with van der Waals surface area (Å²) in [5.74, 6) is 0.0206. The Morgan fingerprint density at radius 3 is 2.88 bits per heavy atom. The zero-order valence-corrected chi connectivity index (χ0v) is 9.99. The molecule has 0 aromatic heterocycles. The molecule has 2 rings (SSSR count). The van der Waals surface area contributed by atoms with E-state index in [0.717, 1.165) is 32.5 Å². The standard InChI is InChI=1S/C11H20N2O3/c1-13(2)10(14)6-15-9-3-4-16-11(5-9)7-12-8-11/h9,12H,3-8H2,1-2H3/t9-/m1/s1. The van der Waals surface area contributed by atoms with Gasteiger partial charge in [0.2, 0.25) is 5.91 Å². The van der Waals surface area contributed by atoms with Crippen molar-refractivity contribution in [3.8, 4) is 0 Å². The number of hydrogen-bond acceptors (Lipinski definition) is 4. The van der Waals surface area contributed by atoms with Gasteiger partial charge in [-0.25, -0.2) is 0 Å². The molecule has 1 atom stereocenters. The van der Waals surface area contributed by atoms with Crippen LogP contribution in [0.2, 0.25) is 0 Å². The molecule has 2 fully saturated rings. The molecule has 1 amide bonds. The van der Waals surface area contributed by atoms with Crippen molar-refractivity contribution in [2.75, 3.05) is 40.4 Å². The fraction of sp³-hybridized carbons (Fsp3) is 0.909. The molecule has 16 heavy (non-hydrogen) atoms. The molecule has 5 heteroatoms. The summed E-state index contributed by atoms with van der Waals surface area (Å²) < 4.78 is 11.4. The average molecular weight is 228 g/mol. The molecular formula is C11H20N2O3. The fourth-order valence-corrected chi connectivity index (χ4v) is 2.09. The van der Waals surface area contributed by atoms with Crippen LogP contribution in [-0.4, -0.2) is 62.9 Å². The highest BCUT2D eigenvalue weighted by Crippen LogP contribution is 2.30. The molecule has 0 bridgehead atoms. The number of hydrogen-bond donors (Lipinski definition) is 1. The second-order valence-corrected chi connectivity index (χ2v) is 4.85. The fourth-order valence-electron chi connectivity index (χ4n) is 2.09. The van der Waals surface area contributed by atoms with E-state index < -0.39 is 0 Å². The Kier molecular flexibility index (Phi) is 3.47. The van der Waals surface area contributed by atoms with E-state index in [-0.39, 0.29) is 24.2 Å². The predicted octanol–water partition coefficient (Wildman–Crippen LogP) is -0.388. The molecule has 1 N–H and O–H groups in total. The summed E-state index contributed by atoms with van der Waals surface area (Å²) in [6, 6.07) is 0. The third kappa shape index (κ3) is 2.53. The summed E-state index contributed by atoms with van der Waals surface area (Å²) in [5.41, 5.74) is -0.00984. The van der Waals surface area contributed by atoms with Gasteiger partial charge in [0.25, 0.3) is 0 Å². The first kappa shape index (κ1) is 11.8. The van der Waals surface area contributed by atoms with E-state index in [9.17, 15) is 4.79 Å². The lowest BCUT2D eigenvalue weighted by Crippen LogP contribution is -2.64. The van der Waals surface area contributed by atoms with Gasteiger partial charge in [0, 0.05) is 40.2 Å². The maximum atomic E-state index is 11.4. The van der Waals surface area contributed by atoms with Crippen molar-refractivity contribution in [3.05, 3.63) is 0 Å². The second-order valence-electron chi connectivity index (χ2n) is 4.85. The van der Waals surface area contributed by atoms with Crippen molar-refractivity contribution >= 4 is 5.91 Å². The molecule has 2 heterocycles. The molecular weight excluding hydrogens is 208 g/mol. The summed E-state index contributed by atoms with van der Waals surface area (Å²) >= 11 is 0. The van der Waals surface area contributed by atoms with Gasteiger partial charge in [-0.2, -0.15) is 0 Å². The van der Waals surface area contributed by atoms with E-state index in [2.05, 4.69) is 5.32 Å². The number of rotatable bonds is 3. The third-order valence-corrected chi connectivity index (χ3v) is 3.28. The predicted molar refractivity (Wildman–Crippen MR) is 59.2 cm³/mol. The first-order valence-electron chi connectivity index (χ1n) is 5.78. The first-order valence-corrected chi connectivity index (χ1v) is 5.78. The van der Waals surface area contributed by atoms with Crippen LogP contribution >= 0.6 is 0 Å². The number of likely N-dealkylation sites (N-methyl/N-ethyl adjacent to an activating group) is 1. The van der Waals surface area contributed by atoms with Crippen LogP contribution in [0, 0.1) is 0 Å². The minimum Gasteiger partial charge on any atom is -0.372 e. The van der Waals surface area contributed by atoms with Gasteiger partial charge < -0.3 is 19.7 Å². The summed E-state index contributed by atoms with van der Waals surface area (Å²) in [6.07, 6.45) is 1.96. The van der Waals surface area contributed by atoms with Gasteiger partial charge in [-0.1, -0.05) is 0 Å². The van der Waals surface area contributed by atoms with Crippen molar-refractivity contribution < 1.29 is 14.3 Å². The molecule has 5 nitrogen and oxygen atoms in total. The molecule has 2 aliphatic rings. The molecule has 0 radical (unpaired) electrons. The van der Waals surface area contributed by atoms with Crippen molar-refractivity contribution in [2.45, 2.75) is 24.5 Å². The Morgan fingerprint density at radius 2 is 2.31 bits per heavy atom. The minimum absolute atomic E-state index is 0.00984. The Morgan fingerprint density at radius 1 is 1.56 bits per heavy atom. The highest BCUT2D eigenvalue weighted by atomic mass is 16.5. The first-order chi connectivity index (χ1) is 7.61. The third-order valence-electron chi connectivity index (χ3n) is 3.28. The van der Waals surface area contributed by atoms with Crippen LogP contribution in [0.4, 0.5) is 0 Å². The largest absolute Gasteiger partial charge is 0.372 e. The molecule has 0 saturated carbocycles. The number of nitrogens with one attached hydrogen (secondary N) is 1. The SMILES string of the molecule is CN(C)C(=O)CO[C@@H]1CCOC2(CNC2)C1. The number of carbonyl (C=O) groups is 1. The smallest absolute Gasteiger partial charge is 0.248 e. The Balaban J connectivity index is 1.75. The van der Waals surface area contributed by atoms with Gasteiger partial charge >= 0.3 is 0 Å². The van der Waals surface area contributed by atoms with E-state index >= 15 is 0 Å². The number of carbonyl (C=O) groups excluding carboxylic acids is 1. The van der Waals surface area contributed by atoms with Crippen LogP contribution in [0.5, 0.6) is 0 Å². The second kappa shape index (κ2) is 4.69. The normalized spacial score (nSPS) is 27.5. The molecule has 0 unspecified atom stereocenters. The van der Waals surface area contributed by atoms with Gasteiger partial charge in [-0.3, -0.25) is 4.79 Å². The molecule has 0 aromatic carbocycles. The molecule has 2 aliphatic heterocycles. The van der Waals surface area contributed by atoms with Crippen LogP contribution < -0.4 is 5.32 Å². The zero-order chi connectivity index (χ0) is 11.6. The van der Waals surface area contributed by atoms with Gasteiger partial charge in [-0.15, -0.1) is 0 Å². The lowest BCUT2D eigenvalue weighted by atomic mass is 9.87. The molecule has 2 saturated heterocycles. The molecule has 92 valence electrons.